The Labute approximate surface area is 237 Å². The van der Waals surface area contributed by atoms with Crippen LogP contribution in [0.1, 0.15) is 65.3 Å². The van der Waals surface area contributed by atoms with Crippen molar-refractivity contribution in [1.82, 2.24) is 15.6 Å². The summed E-state index contributed by atoms with van der Waals surface area (Å²) < 4.78 is 27.9. The molecule has 3 aromatic carbocycles. The van der Waals surface area contributed by atoms with Gasteiger partial charge >= 0.3 is 0 Å². The molecule has 2 aliphatic rings. The van der Waals surface area contributed by atoms with E-state index in [2.05, 4.69) is 22.6 Å². The molecule has 2 unspecified atom stereocenters. The van der Waals surface area contributed by atoms with Gasteiger partial charge in [-0.25, -0.2) is 19.0 Å². The lowest BCUT2D eigenvalue weighted by Crippen LogP contribution is -2.43. The Morgan fingerprint density at radius 1 is 1.05 bits per heavy atom. The first-order valence-electron chi connectivity index (χ1n) is 14.0. The molecule has 1 fully saturated rings. The van der Waals surface area contributed by atoms with Gasteiger partial charge in [-0.05, 0) is 68.6 Å². The lowest BCUT2D eigenvalue weighted by atomic mass is 10.00. The highest BCUT2D eigenvalue weighted by atomic mass is 32.2. The second kappa shape index (κ2) is 12.8. The Hall–Kier alpha value is -3.40. The van der Waals surface area contributed by atoms with Crippen molar-refractivity contribution < 1.29 is 18.2 Å². The van der Waals surface area contributed by atoms with Crippen LogP contribution in [-0.2, 0) is 17.3 Å². The molecule has 0 aromatic heterocycles. The highest BCUT2D eigenvalue weighted by molar-refractivity contribution is 7.85. The molecular weight excluding hydrogens is 527 g/mol. The SMILES string of the molecule is CCC1CCCCN1CCCNC(=O)c1ccc2c(c1)N(NCc1ccccc1F)C(=O)c1ccccc1S2=O. The molecule has 2 atom stereocenters. The van der Waals surface area contributed by atoms with Gasteiger partial charge in [0, 0.05) is 36.8 Å². The number of carbonyl (C=O) groups is 2. The number of nitrogens with zero attached hydrogens (tertiary/aromatic N) is 2. The van der Waals surface area contributed by atoms with Crippen LogP contribution in [0.2, 0.25) is 0 Å². The fourth-order valence-corrected chi connectivity index (χ4v) is 6.84. The van der Waals surface area contributed by atoms with Crippen LogP contribution in [0.3, 0.4) is 0 Å². The summed E-state index contributed by atoms with van der Waals surface area (Å²) in [5, 5.41) is 4.28. The van der Waals surface area contributed by atoms with Crippen molar-refractivity contribution in [2.45, 2.75) is 61.4 Å². The Morgan fingerprint density at radius 3 is 2.67 bits per heavy atom. The largest absolute Gasteiger partial charge is 0.352 e. The van der Waals surface area contributed by atoms with Gasteiger partial charge in [-0.2, -0.15) is 0 Å². The van der Waals surface area contributed by atoms with E-state index in [1.165, 1.54) is 30.3 Å². The Balaban J connectivity index is 1.35. The molecule has 0 spiro atoms. The molecule has 2 N–H and O–H groups in total. The molecule has 3 aromatic rings. The number of halogens is 1. The third-order valence-electron chi connectivity index (χ3n) is 7.70. The summed E-state index contributed by atoms with van der Waals surface area (Å²) in [4.78, 5) is 30.1. The van der Waals surface area contributed by atoms with Gasteiger partial charge in [0.25, 0.3) is 11.8 Å². The summed E-state index contributed by atoms with van der Waals surface area (Å²) in [5.74, 6) is -1.09. The lowest BCUT2D eigenvalue weighted by Gasteiger charge is -2.35. The summed E-state index contributed by atoms with van der Waals surface area (Å²) in [6.07, 6.45) is 5.75. The molecule has 1 saturated heterocycles. The molecule has 0 aliphatic carbocycles. The van der Waals surface area contributed by atoms with Crippen LogP contribution in [0.15, 0.2) is 76.5 Å². The number of hydrogen-bond acceptors (Lipinski definition) is 5. The van der Waals surface area contributed by atoms with E-state index >= 15 is 0 Å². The van der Waals surface area contributed by atoms with Crippen molar-refractivity contribution in [3.63, 3.8) is 0 Å². The Bertz CT molecular complexity index is 1410. The van der Waals surface area contributed by atoms with Crippen molar-refractivity contribution in [3.8, 4) is 0 Å². The molecule has 0 saturated carbocycles. The second-order valence-corrected chi connectivity index (χ2v) is 11.6. The maximum atomic E-state index is 14.3. The molecule has 9 heteroatoms. The van der Waals surface area contributed by atoms with Crippen LogP contribution in [0.25, 0.3) is 0 Å². The summed E-state index contributed by atoms with van der Waals surface area (Å²) in [6, 6.07) is 18.5. The van der Waals surface area contributed by atoms with Gasteiger partial charge in [-0.3, -0.25) is 9.59 Å². The van der Waals surface area contributed by atoms with Gasteiger partial charge in [-0.15, -0.1) is 0 Å². The summed E-state index contributed by atoms with van der Waals surface area (Å²) in [6.45, 7) is 4.85. The van der Waals surface area contributed by atoms with Crippen molar-refractivity contribution in [2.75, 3.05) is 24.6 Å². The number of likely N-dealkylation sites (tertiary alicyclic amines) is 1. The van der Waals surface area contributed by atoms with Crippen molar-refractivity contribution >= 4 is 28.3 Å². The third kappa shape index (κ3) is 6.01. The van der Waals surface area contributed by atoms with E-state index in [1.54, 1.807) is 60.7 Å². The van der Waals surface area contributed by atoms with Crippen molar-refractivity contribution in [1.29, 1.82) is 0 Å². The van der Waals surface area contributed by atoms with E-state index in [0.717, 1.165) is 25.9 Å². The fourth-order valence-electron chi connectivity index (χ4n) is 5.51. The standard InChI is InChI=1S/C31H35FN4O3S/c1-2-24-11-7-8-18-35(24)19-9-17-33-30(37)22-15-16-29-27(20-22)36(34-21-23-10-3-5-13-26(23)32)31(38)25-12-4-6-14-28(25)40(29)39/h3-6,10,12-16,20,24,34H,2,7-9,11,17-19,21H2,1H3,(H,33,37). The van der Waals surface area contributed by atoms with Crippen molar-refractivity contribution in [3.05, 3.63) is 89.2 Å². The smallest absolute Gasteiger partial charge is 0.273 e. The molecule has 7 nitrogen and oxygen atoms in total. The summed E-state index contributed by atoms with van der Waals surface area (Å²) in [5.41, 5.74) is 4.35. The van der Waals surface area contributed by atoms with Crippen LogP contribution in [0, 0.1) is 5.82 Å². The molecular formula is C31H35FN4O3S. The number of amides is 2. The predicted molar refractivity (Wildman–Crippen MR) is 154 cm³/mol. The molecule has 0 bridgehead atoms. The molecule has 2 aliphatic heterocycles. The summed E-state index contributed by atoms with van der Waals surface area (Å²) in [7, 11) is -1.65. The molecule has 40 heavy (non-hydrogen) atoms. The lowest BCUT2D eigenvalue weighted by molar-refractivity contribution is 0.0942. The molecule has 2 amide bonds. The fraction of sp³-hybridized carbons (Fsp3) is 0.355. The first-order valence-corrected chi connectivity index (χ1v) is 15.1. The highest BCUT2D eigenvalue weighted by Gasteiger charge is 2.32. The third-order valence-corrected chi connectivity index (χ3v) is 9.20. The number of piperidine rings is 1. The first-order chi connectivity index (χ1) is 19.5. The average molecular weight is 563 g/mol. The zero-order valence-corrected chi connectivity index (χ0v) is 23.5. The van der Waals surface area contributed by atoms with E-state index < -0.39 is 22.5 Å². The maximum Gasteiger partial charge on any atom is 0.273 e. The van der Waals surface area contributed by atoms with Crippen LogP contribution in [-0.4, -0.2) is 46.6 Å². The van der Waals surface area contributed by atoms with Crippen LogP contribution in [0.4, 0.5) is 10.1 Å². The zero-order valence-electron chi connectivity index (χ0n) is 22.7. The monoisotopic (exact) mass is 562 g/mol. The minimum Gasteiger partial charge on any atom is -0.352 e. The van der Waals surface area contributed by atoms with Crippen molar-refractivity contribution in [2.24, 2.45) is 0 Å². The minimum atomic E-state index is -1.65. The second-order valence-electron chi connectivity index (χ2n) is 10.2. The number of hydrogen-bond donors (Lipinski definition) is 2. The quantitative estimate of drug-likeness (QED) is 0.357. The number of rotatable bonds is 9. The van der Waals surface area contributed by atoms with Gasteiger partial charge in [0.05, 0.1) is 31.8 Å². The minimum absolute atomic E-state index is 0.0261. The number of anilines is 1. The van der Waals surface area contributed by atoms with Crippen LogP contribution < -0.4 is 15.8 Å². The molecule has 0 radical (unpaired) electrons. The Kier molecular flexibility index (Phi) is 9.04. The molecule has 210 valence electrons. The number of hydrazine groups is 1. The predicted octanol–water partition coefficient (Wildman–Crippen LogP) is 5.04. The van der Waals surface area contributed by atoms with E-state index in [4.69, 9.17) is 0 Å². The van der Waals surface area contributed by atoms with E-state index in [0.29, 0.717) is 39.2 Å². The van der Waals surface area contributed by atoms with Gasteiger partial charge < -0.3 is 10.2 Å². The van der Waals surface area contributed by atoms with Gasteiger partial charge in [0.15, 0.2) is 0 Å². The number of benzene rings is 3. The van der Waals surface area contributed by atoms with Crippen LogP contribution in [0.5, 0.6) is 0 Å². The molecule has 5 rings (SSSR count). The number of fused-ring (bicyclic) bond motifs is 2. The van der Waals surface area contributed by atoms with Gasteiger partial charge in [0.1, 0.15) is 5.82 Å². The number of carbonyl (C=O) groups excluding carboxylic acids is 2. The van der Waals surface area contributed by atoms with Crippen LogP contribution >= 0.6 is 0 Å². The number of nitrogens with one attached hydrogen (secondary N) is 2. The average Bonchev–Trinajstić information content (AvgIpc) is 3.07. The molecule has 2 heterocycles. The van der Waals surface area contributed by atoms with E-state index in [9.17, 15) is 18.2 Å². The zero-order chi connectivity index (χ0) is 28.1. The first kappa shape index (κ1) is 28.1. The summed E-state index contributed by atoms with van der Waals surface area (Å²) >= 11 is 0. The highest BCUT2D eigenvalue weighted by Crippen LogP contribution is 2.34. The normalized spacial score (nSPS) is 19.1. The van der Waals surface area contributed by atoms with Gasteiger partial charge in [0.2, 0.25) is 0 Å². The maximum absolute atomic E-state index is 14.3. The topological polar surface area (TPSA) is 81.8 Å². The van der Waals surface area contributed by atoms with Gasteiger partial charge in [-0.1, -0.05) is 43.7 Å². The Morgan fingerprint density at radius 2 is 1.85 bits per heavy atom. The van der Waals surface area contributed by atoms with E-state index in [1.807, 2.05) is 0 Å². The van der Waals surface area contributed by atoms with E-state index in [-0.39, 0.29) is 18.0 Å².